The summed E-state index contributed by atoms with van der Waals surface area (Å²) in [5.74, 6) is 0. The van der Waals surface area contributed by atoms with Gasteiger partial charge >= 0.3 is 11.9 Å². The molecule has 1 unspecified atom stereocenters. The van der Waals surface area contributed by atoms with Crippen LogP contribution in [0.1, 0.15) is 96.3 Å². The molecule has 1 aromatic rings. The van der Waals surface area contributed by atoms with Crippen LogP contribution in [0.3, 0.4) is 0 Å². The molecule has 0 aromatic carbocycles. The number of ether oxygens (including phenoxy) is 2. The molecule has 0 saturated heterocycles. The second kappa shape index (κ2) is 23.3. The van der Waals surface area contributed by atoms with E-state index in [9.17, 15) is 32.8 Å². The van der Waals surface area contributed by atoms with Crippen LogP contribution in [0.5, 0.6) is 0 Å². The number of H-pyrrole nitrogens is 1. The Kier molecular flexibility index (Phi) is 21.4. The Morgan fingerprint density at radius 2 is 1.40 bits per heavy atom. The molecule has 234 valence electrons. The fourth-order valence-electron chi connectivity index (χ4n) is 4.08. The summed E-state index contributed by atoms with van der Waals surface area (Å²) in [5, 5.41) is 9.44. The van der Waals surface area contributed by atoms with E-state index in [1.165, 1.54) is 55.4 Å². The molecule has 9 nitrogen and oxygen atoms in total. The molecule has 3 N–H and O–H groups in total. The first-order valence-corrected chi connectivity index (χ1v) is 15.9. The summed E-state index contributed by atoms with van der Waals surface area (Å²) in [6.45, 7) is 1.24. The fraction of sp³-hybridized carbons (Fsp3) is 0.852. The summed E-state index contributed by atoms with van der Waals surface area (Å²) < 4.78 is 53.8. The topological polar surface area (TPSA) is 123 Å². The molecule has 0 spiro atoms. The number of hydrogen-bond acceptors (Lipinski definition) is 7. The Morgan fingerprint density at radius 1 is 0.850 bits per heavy atom. The third-order valence-electron chi connectivity index (χ3n) is 6.34. The summed E-state index contributed by atoms with van der Waals surface area (Å²) in [6.07, 6.45) is 9.83. The smallest absolute Gasteiger partial charge is 0.389 e. The number of nitrogens with zero attached hydrogens (tertiary/aromatic N) is 1. The van der Waals surface area contributed by atoms with Crippen LogP contribution in [0.15, 0.2) is 21.9 Å². The maximum absolute atomic E-state index is 12.1. The van der Waals surface area contributed by atoms with Gasteiger partial charge in [0.2, 0.25) is 0 Å². The van der Waals surface area contributed by atoms with Crippen molar-refractivity contribution in [1.29, 1.82) is 0 Å². The van der Waals surface area contributed by atoms with Gasteiger partial charge in [-0.05, 0) is 19.3 Å². The summed E-state index contributed by atoms with van der Waals surface area (Å²) >= 11 is 0. The molecule has 0 amide bonds. The highest BCUT2D eigenvalue weighted by atomic mass is 31.2. The first-order chi connectivity index (χ1) is 19.2. The molecule has 0 aliphatic heterocycles. The highest BCUT2D eigenvalue weighted by Gasteiger charge is 2.25. The number of rotatable bonds is 26. The molecule has 40 heavy (non-hydrogen) atoms. The molecule has 0 fully saturated rings. The van der Waals surface area contributed by atoms with Gasteiger partial charge in [-0.15, -0.1) is 0 Å². The minimum atomic E-state index is -4.01. The van der Waals surface area contributed by atoms with E-state index in [0.29, 0.717) is 32.7 Å². The van der Waals surface area contributed by atoms with Gasteiger partial charge < -0.3 is 24.0 Å². The maximum atomic E-state index is 12.1. The number of nitrogens with one attached hydrogen (secondary N) is 1. The molecular formula is C27H48F3N2O7P. The molecular weight excluding hydrogens is 552 g/mol. The summed E-state index contributed by atoms with van der Waals surface area (Å²) in [7, 11) is -1.82. The third-order valence-corrected chi connectivity index (χ3v) is 7.19. The summed E-state index contributed by atoms with van der Waals surface area (Å²) in [6, 6.07) is 1.20. The molecule has 0 saturated carbocycles. The molecule has 1 rings (SSSR count). The first-order valence-electron chi connectivity index (χ1n) is 14.5. The fourth-order valence-corrected chi connectivity index (χ4v) is 4.84. The van der Waals surface area contributed by atoms with Crippen molar-refractivity contribution in [3.8, 4) is 0 Å². The van der Waals surface area contributed by atoms with Gasteiger partial charge in [-0.1, -0.05) is 70.6 Å². The minimum Gasteiger partial charge on any atom is -0.394 e. The lowest BCUT2D eigenvalue weighted by Crippen LogP contribution is -2.34. The zero-order valence-corrected chi connectivity index (χ0v) is 24.4. The molecule has 0 aliphatic carbocycles. The second-order valence-corrected chi connectivity index (χ2v) is 11.2. The lowest BCUT2D eigenvalue weighted by molar-refractivity contribution is -0.135. The normalized spacial score (nSPS) is 13.5. The van der Waals surface area contributed by atoms with Gasteiger partial charge in [0.1, 0.15) is 6.35 Å². The highest BCUT2D eigenvalue weighted by molar-refractivity contribution is 7.45. The standard InChI is InChI=1S/C27H48F3N2O7P/c28-27(29,30)16-12-10-8-6-4-2-1-3-5-7-9-11-13-18-37-19-14-20-39-40(36)23-38-24(22-33)21-32-17-15-25(34)31-26(32)35/h15,17,24,33,36H,1-14,16,18-23H2,(H,31,34,35)/t24-,40?/m0/s1. The quantitative estimate of drug-likeness (QED) is 0.0932. The summed E-state index contributed by atoms with van der Waals surface area (Å²) in [4.78, 5) is 34.9. The average molecular weight is 601 g/mol. The number of hydrogen-bond donors (Lipinski definition) is 3. The first kappa shape index (κ1) is 36.7. The average Bonchev–Trinajstić information content (AvgIpc) is 2.90. The Labute approximate surface area is 236 Å². The van der Waals surface area contributed by atoms with Crippen molar-refractivity contribution in [3.63, 3.8) is 0 Å². The monoisotopic (exact) mass is 600 g/mol. The van der Waals surface area contributed by atoms with Crippen molar-refractivity contribution in [3.05, 3.63) is 33.1 Å². The second-order valence-electron chi connectivity index (χ2n) is 9.98. The van der Waals surface area contributed by atoms with Gasteiger partial charge in [-0.3, -0.25) is 14.3 Å². The Hall–Kier alpha value is -1.30. The zero-order chi connectivity index (χ0) is 29.5. The van der Waals surface area contributed by atoms with Crippen molar-refractivity contribution in [2.45, 2.75) is 115 Å². The van der Waals surface area contributed by atoms with E-state index in [2.05, 4.69) is 4.98 Å². The number of alkyl halides is 3. The van der Waals surface area contributed by atoms with E-state index < -0.39 is 38.3 Å². The third kappa shape index (κ3) is 21.4. The van der Waals surface area contributed by atoms with E-state index in [1.54, 1.807) is 0 Å². The SMILES string of the molecule is O=c1ccn(C[C@@H](CO)OCP(O)OCCCOCCCCCCCCCCCCCCCC(F)(F)F)c(=O)[nH]1. The predicted molar refractivity (Wildman–Crippen MR) is 149 cm³/mol. The van der Waals surface area contributed by atoms with Crippen molar-refractivity contribution in [2.24, 2.45) is 0 Å². The van der Waals surface area contributed by atoms with Gasteiger partial charge in [-0.2, -0.15) is 13.2 Å². The van der Waals surface area contributed by atoms with Gasteiger partial charge in [0, 0.05) is 31.9 Å². The van der Waals surface area contributed by atoms with Crippen LogP contribution in [0.25, 0.3) is 0 Å². The number of aromatic nitrogens is 2. The minimum absolute atomic E-state index is 0.0323. The highest BCUT2D eigenvalue weighted by Crippen LogP contribution is 2.31. The van der Waals surface area contributed by atoms with Crippen LogP contribution in [0.2, 0.25) is 0 Å². The van der Waals surface area contributed by atoms with Crippen LogP contribution in [-0.2, 0) is 20.5 Å². The van der Waals surface area contributed by atoms with E-state index >= 15 is 0 Å². The largest absolute Gasteiger partial charge is 0.394 e. The van der Waals surface area contributed by atoms with E-state index in [1.807, 2.05) is 0 Å². The summed E-state index contributed by atoms with van der Waals surface area (Å²) in [5.41, 5.74) is -1.11. The number of halogens is 3. The van der Waals surface area contributed by atoms with Crippen molar-refractivity contribution >= 4 is 8.38 Å². The van der Waals surface area contributed by atoms with Crippen molar-refractivity contribution in [1.82, 2.24) is 9.55 Å². The number of unbranched alkanes of at least 4 members (excludes halogenated alkanes) is 12. The van der Waals surface area contributed by atoms with Crippen LogP contribution in [-0.4, -0.2) is 64.6 Å². The van der Waals surface area contributed by atoms with E-state index in [4.69, 9.17) is 14.0 Å². The van der Waals surface area contributed by atoms with E-state index in [0.717, 1.165) is 32.1 Å². The predicted octanol–water partition coefficient (Wildman–Crippen LogP) is 5.62. The zero-order valence-electron chi connectivity index (χ0n) is 23.5. The van der Waals surface area contributed by atoms with Crippen LogP contribution < -0.4 is 11.2 Å². The Balaban J connectivity index is 1.84. The molecule has 2 atom stereocenters. The van der Waals surface area contributed by atoms with Gasteiger partial charge in [0.05, 0.1) is 25.9 Å². The maximum Gasteiger partial charge on any atom is 0.389 e. The molecule has 13 heteroatoms. The number of aromatic amines is 1. The Morgan fingerprint density at radius 3 is 1.95 bits per heavy atom. The van der Waals surface area contributed by atoms with Crippen molar-refractivity contribution in [2.75, 3.05) is 32.8 Å². The van der Waals surface area contributed by atoms with Crippen LogP contribution in [0, 0.1) is 0 Å². The molecule has 0 aliphatic rings. The van der Waals surface area contributed by atoms with E-state index in [-0.39, 0.29) is 25.9 Å². The molecule has 0 bridgehead atoms. The van der Waals surface area contributed by atoms with Gasteiger partial charge in [-0.25, -0.2) is 4.79 Å². The van der Waals surface area contributed by atoms with Gasteiger partial charge in [0.25, 0.3) is 5.56 Å². The Bertz CT molecular complexity index is 854. The van der Waals surface area contributed by atoms with Crippen LogP contribution in [0.4, 0.5) is 13.2 Å². The molecule has 1 aromatic heterocycles. The molecule has 1 heterocycles. The lowest BCUT2D eigenvalue weighted by atomic mass is 10.0. The van der Waals surface area contributed by atoms with Crippen LogP contribution >= 0.6 is 8.38 Å². The van der Waals surface area contributed by atoms with Crippen molar-refractivity contribution < 1.29 is 37.2 Å². The van der Waals surface area contributed by atoms with Gasteiger partial charge in [0.15, 0.2) is 8.38 Å². The molecule has 0 radical (unpaired) electrons. The lowest BCUT2D eigenvalue weighted by Gasteiger charge is -2.18. The number of aliphatic hydroxyl groups is 1. The number of aliphatic hydroxyl groups excluding tert-OH is 1.